The molecule has 2 rings (SSSR count). The van der Waals surface area contributed by atoms with Crippen molar-refractivity contribution in [1.29, 1.82) is 0 Å². The maximum absolute atomic E-state index is 5.61. The standard InChI is InChI=1S/C9H11N3OS/c1-6(5-10)13-8-4-2-3-7-9(8)12-14-11-7/h2-4,6H,5,10H2,1H3. The third-order valence-electron chi connectivity index (χ3n) is 1.91. The highest BCUT2D eigenvalue weighted by molar-refractivity contribution is 7.00. The molecule has 0 aliphatic carbocycles. The zero-order valence-corrected chi connectivity index (χ0v) is 8.62. The van der Waals surface area contributed by atoms with Crippen LogP contribution in [-0.2, 0) is 0 Å². The Labute approximate surface area is 86.0 Å². The Kier molecular flexibility index (Phi) is 2.60. The van der Waals surface area contributed by atoms with Crippen molar-refractivity contribution in [2.24, 2.45) is 5.73 Å². The first-order chi connectivity index (χ1) is 6.81. The topological polar surface area (TPSA) is 61.0 Å². The quantitative estimate of drug-likeness (QED) is 0.830. The Hall–Kier alpha value is -1.20. The van der Waals surface area contributed by atoms with Gasteiger partial charge in [0.05, 0.1) is 11.7 Å². The highest BCUT2D eigenvalue weighted by Crippen LogP contribution is 2.24. The second-order valence-corrected chi connectivity index (χ2v) is 3.58. The van der Waals surface area contributed by atoms with Crippen molar-refractivity contribution < 1.29 is 4.74 Å². The molecule has 5 heteroatoms. The van der Waals surface area contributed by atoms with Crippen molar-refractivity contribution in [3.63, 3.8) is 0 Å². The second-order valence-electron chi connectivity index (χ2n) is 3.05. The van der Waals surface area contributed by atoms with Crippen LogP contribution in [0.3, 0.4) is 0 Å². The summed E-state index contributed by atoms with van der Waals surface area (Å²) in [5, 5.41) is 0. The molecule has 4 nitrogen and oxygen atoms in total. The third-order valence-corrected chi connectivity index (χ3v) is 2.45. The van der Waals surface area contributed by atoms with E-state index >= 15 is 0 Å². The van der Waals surface area contributed by atoms with Gasteiger partial charge in [0.2, 0.25) is 0 Å². The monoisotopic (exact) mass is 209 g/mol. The molecular formula is C9H11N3OS. The molecule has 1 atom stereocenters. The molecule has 0 aliphatic heterocycles. The molecule has 0 spiro atoms. The fourth-order valence-electron chi connectivity index (χ4n) is 1.14. The Morgan fingerprint density at radius 1 is 1.50 bits per heavy atom. The van der Waals surface area contributed by atoms with E-state index in [1.165, 1.54) is 11.7 Å². The number of ether oxygens (including phenoxy) is 1. The van der Waals surface area contributed by atoms with Gasteiger partial charge in [-0.2, -0.15) is 8.75 Å². The molecule has 1 aromatic heterocycles. The lowest BCUT2D eigenvalue weighted by Crippen LogP contribution is -2.22. The Morgan fingerprint density at radius 3 is 3.14 bits per heavy atom. The predicted octanol–water partition coefficient (Wildman–Crippen LogP) is 1.42. The lowest BCUT2D eigenvalue weighted by Gasteiger charge is -2.11. The number of nitrogens with zero attached hydrogens (tertiary/aromatic N) is 2. The zero-order chi connectivity index (χ0) is 9.97. The van der Waals surface area contributed by atoms with Crippen LogP contribution >= 0.6 is 11.7 Å². The molecule has 1 aromatic carbocycles. The van der Waals surface area contributed by atoms with Gasteiger partial charge in [-0.25, -0.2) is 0 Å². The summed E-state index contributed by atoms with van der Waals surface area (Å²) in [5.74, 6) is 0.759. The van der Waals surface area contributed by atoms with Crippen LogP contribution in [0.5, 0.6) is 5.75 Å². The molecule has 2 aromatic rings. The maximum atomic E-state index is 5.61. The Bertz CT molecular complexity index is 429. The molecule has 0 radical (unpaired) electrons. The van der Waals surface area contributed by atoms with Crippen molar-refractivity contribution in [3.8, 4) is 5.75 Å². The molecule has 0 aliphatic rings. The van der Waals surface area contributed by atoms with Gasteiger partial charge < -0.3 is 10.5 Å². The van der Waals surface area contributed by atoms with Gasteiger partial charge in [0.15, 0.2) is 0 Å². The van der Waals surface area contributed by atoms with Gasteiger partial charge in [0, 0.05) is 6.54 Å². The molecule has 1 heterocycles. The molecule has 0 saturated heterocycles. The summed E-state index contributed by atoms with van der Waals surface area (Å²) >= 11 is 1.19. The molecule has 0 fully saturated rings. The number of nitrogens with two attached hydrogens (primary N) is 1. The SMILES string of the molecule is CC(CN)Oc1cccc2nsnc12. The largest absolute Gasteiger partial charge is 0.487 e. The summed E-state index contributed by atoms with van der Waals surface area (Å²) in [6.07, 6.45) is 0.00213. The molecule has 0 bridgehead atoms. The number of fused-ring (bicyclic) bond motifs is 1. The van der Waals surface area contributed by atoms with Gasteiger partial charge in [0.1, 0.15) is 22.9 Å². The first-order valence-electron chi connectivity index (χ1n) is 4.39. The van der Waals surface area contributed by atoms with E-state index in [0.717, 1.165) is 16.8 Å². The summed E-state index contributed by atoms with van der Waals surface area (Å²) in [7, 11) is 0. The predicted molar refractivity (Wildman–Crippen MR) is 56.6 cm³/mol. The van der Waals surface area contributed by atoms with Crippen LogP contribution in [0.25, 0.3) is 11.0 Å². The van der Waals surface area contributed by atoms with Gasteiger partial charge in [-0.05, 0) is 19.1 Å². The van der Waals surface area contributed by atoms with E-state index in [0.29, 0.717) is 6.54 Å². The third kappa shape index (κ3) is 1.69. The van der Waals surface area contributed by atoms with Gasteiger partial charge >= 0.3 is 0 Å². The number of rotatable bonds is 3. The van der Waals surface area contributed by atoms with Crippen molar-refractivity contribution >= 4 is 22.8 Å². The van der Waals surface area contributed by atoms with Crippen LogP contribution in [0.15, 0.2) is 18.2 Å². The van der Waals surface area contributed by atoms with Crippen LogP contribution in [-0.4, -0.2) is 21.4 Å². The summed E-state index contributed by atoms with van der Waals surface area (Å²) in [6.45, 7) is 2.42. The molecule has 74 valence electrons. The first kappa shape index (κ1) is 9.36. The lowest BCUT2D eigenvalue weighted by molar-refractivity contribution is 0.232. The van der Waals surface area contributed by atoms with Crippen LogP contribution in [0, 0.1) is 0 Å². The van der Waals surface area contributed by atoms with E-state index in [-0.39, 0.29) is 6.10 Å². The van der Waals surface area contributed by atoms with Crippen molar-refractivity contribution in [1.82, 2.24) is 8.75 Å². The average Bonchev–Trinajstić information content (AvgIpc) is 2.66. The normalized spacial score (nSPS) is 13.0. The summed E-state index contributed by atoms with van der Waals surface area (Å²) in [5.41, 5.74) is 7.17. The average molecular weight is 209 g/mol. The van der Waals surface area contributed by atoms with E-state index in [1.54, 1.807) is 0 Å². The van der Waals surface area contributed by atoms with Crippen LogP contribution < -0.4 is 10.5 Å². The molecule has 1 unspecified atom stereocenters. The number of aromatic nitrogens is 2. The minimum absolute atomic E-state index is 0.00213. The van der Waals surface area contributed by atoms with Gasteiger partial charge in [-0.3, -0.25) is 0 Å². The van der Waals surface area contributed by atoms with E-state index in [2.05, 4.69) is 8.75 Å². The minimum Gasteiger partial charge on any atom is -0.487 e. The summed E-state index contributed by atoms with van der Waals surface area (Å²) < 4.78 is 13.9. The molecule has 2 N–H and O–H groups in total. The first-order valence-corrected chi connectivity index (χ1v) is 5.12. The minimum atomic E-state index is 0.00213. The fourth-order valence-corrected chi connectivity index (χ4v) is 1.68. The van der Waals surface area contributed by atoms with E-state index in [4.69, 9.17) is 10.5 Å². The number of hydrogen-bond acceptors (Lipinski definition) is 5. The maximum Gasteiger partial charge on any atom is 0.148 e. The van der Waals surface area contributed by atoms with Gasteiger partial charge in [-0.15, -0.1) is 0 Å². The van der Waals surface area contributed by atoms with Crippen LogP contribution in [0.4, 0.5) is 0 Å². The summed E-state index contributed by atoms with van der Waals surface area (Å²) in [6, 6.07) is 5.71. The lowest BCUT2D eigenvalue weighted by atomic mass is 10.3. The molecule has 0 amide bonds. The van der Waals surface area contributed by atoms with E-state index in [9.17, 15) is 0 Å². The van der Waals surface area contributed by atoms with Gasteiger partial charge in [-0.1, -0.05) is 6.07 Å². The highest BCUT2D eigenvalue weighted by Gasteiger charge is 2.08. The van der Waals surface area contributed by atoms with Crippen LogP contribution in [0.2, 0.25) is 0 Å². The smallest absolute Gasteiger partial charge is 0.148 e. The van der Waals surface area contributed by atoms with Crippen molar-refractivity contribution in [3.05, 3.63) is 18.2 Å². The number of benzene rings is 1. The number of hydrogen-bond donors (Lipinski definition) is 1. The zero-order valence-electron chi connectivity index (χ0n) is 7.80. The van der Waals surface area contributed by atoms with E-state index < -0.39 is 0 Å². The summed E-state index contributed by atoms with van der Waals surface area (Å²) in [4.78, 5) is 0. The molecule has 0 saturated carbocycles. The molecule has 14 heavy (non-hydrogen) atoms. The Morgan fingerprint density at radius 2 is 2.36 bits per heavy atom. The van der Waals surface area contributed by atoms with Crippen molar-refractivity contribution in [2.45, 2.75) is 13.0 Å². The second kappa shape index (κ2) is 3.89. The van der Waals surface area contributed by atoms with E-state index in [1.807, 2.05) is 25.1 Å². The Balaban J connectivity index is 2.36. The molecular weight excluding hydrogens is 198 g/mol. The fraction of sp³-hybridized carbons (Fsp3) is 0.333. The van der Waals surface area contributed by atoms with Gasteiger partial charge in [0.25, 0.3) is 0 Å². The highest BCUT2D eigenvalue weighted by atomic mass is 32.1. The van der Waals surface area contributed by atoms with Crippen LogP contribution in [0.1, 0.15) is 6.92 Å². The van der Waals surface area contributed by atoms with Crippen molar-refractivity contribution in [2.75, 3.05) is 6.54 Å².